The summed E-state index contributed by atoms with van der Waals surface area (Å²) in [6.07, 6.45) is 3.81. The van der Waals surface area contributed by atoms with E-state index in [9.17, 15) is 9.59 Å². The molecule has 0 N–H and O–H groups in total. The summed E-state index contributed by atoms with van der Waals surface area (Å²) in [7, 11) is 0. The van der Waals surface area contributed by atoms with Gasteiger partial charge in [0.05, 0.1) is 0 Å². The first-order valence-corrected chi connectivity index (χ1v) is 9.93. The third kappa shape index (κ3) is 3.90. The molecule has 4 rings (SSSR count). The lowest BCUT2D eigenvalue weighted by atomic mass is 9.94. The van der Waals surface area contributed by atoms with Crippen molar-refractivity contribution in [3.63, 3.8) is 0 Å². The number of carbonyl (C=O) groups is 2. The molecular formula is C23H26N2O2. The molecule has 4 heteroatoms. The molecule has 0 saturated carbocycles. The van der Waals surface area contributed by atoms with Crippen LogP contribution >= 0.6 is 0 Å². The van der Waals surface area contributed by atoms with Gasteiger partial charge in [0.2, 0.25) is 11.8 Å². The molecule has 0 aliphatic carbocycles. The van der Waals surface area contributed by atoms with E-state index < -0.39 is 0 Å². The summed E-state index contributed by atoms with van der Waals surface area (Å²) >= 11 is 0. The SMILES string of the molecule is O=C(CCc1ccccc1)N1CCC(C(=O)N2CCc3ccccc32)CC1. The quantitative estimate of drug-likeness (QED) is 0.836. The van der Waals surface area contributed by atoms with E-state index in [-0.39, 0.29) is 17.7 Å². The predicted octanol–water partition coefficient (Wildman–Crippen LogP) is 3.45. The van der Waals surface area contributed by atoms with E-state index in [2.05, 4.69) is 18.2 Å². The van der Waals surface area contributed by atoms with Crippen molar-refractivity contribution >= 4 is 17.5 Å². The maximum atomic E-state index is 13.0. The molecule has 2 aromatic carbocycles. The van der Waals surface area contributed by atoms with E-state index in [0.29, 0.717) is 19.5 Å². The summed E-state index contributed by atoms with van der Waals surface area (Å²) in [5.74, 6) is 0.474. The minimum absolute atomic E-state index is 0.0364. The predicted molar refractivity (Wildman–Crippen MR) is 107 cm³/mol. The first-order chi connectivity index (χ1) is 13.2. The summed E-state index contributed by atoms with van der Waals surface area (Å²) < 4.78 is 0. The van der Waals surface area contributed by atoms with E-state index in [1.54, 1.807) is 0 Å². The Kier molecular flexibility index (Phi) is 5.23. The molecule has 0 aromatic heterocycles. The Bertz CT molecular complexity index is 810. The molecule has 4 nitrogen and oxygen atoms in total. The molecule has 1 saturated heterocycles. The van der Waals surface area contributed by atoms with Crippen LogP contribution in [0.1, 0.15) is 30.4 Å². The maximum absolute atomic E-state index is 13.0. The minimum Gasteiger partial charge on any atom is -0.343 e. The molecule has 0 atom stereocenters. The fourth-order valence-corrected chi connectivity index (χ4v) is 4.22. The molecule has 2 aromatic rings. The van der Waals surface area contributed by atoms with Crippen LogP contribution < -0.4 is 4.90 Å². The molecule has 0 spiro atoms. The minimum atomic E-state index is 0.0364. The zero-order valence-electron chi connectivity index (χ0n) is 15.6. The van der Waals surface area contributed by atoms with Gasteiger partial charge in [0, 0.05) is 37.7 Å². The fourth-order valence-electron chi connectivity index (χ4n) is 4.22. The van der Waals surface area contributed by atoms with E-state index in [4.69, 9.17) is 0 Å². The zero-order valence-corrected chi connectivity index (χ0v) is 15.6. The summed E-state index contributed by atoms with van der Waals surface area (Å²) in [6.45, 7) is 2.17. The molecule has 2 heterocycles. The van der Waals surface area contributed by atoms with Crippen LogP contribution in [0.3, 0.4) is 0 Å². The average molecular weight is 362 g/mol. The highest BCUT2D eigenvalue weighted by Gasteiger charge is 2.33. The van der Waals surface area contributed by atoms with Gasteiger partial charge in [-0.3, -0.25) is 9.59 Å². The largest absolute Gasteiger partial charge is 0.343 e. The highest BCUT2D eigenvalue weighted by atomic mass is 16.2. The number of benzene rings is 2. The smallest absolute Gasteiger partial charge is 0.230 e. The Morgan fingerprint density at radius 3 is 2.37 bits per heavy atom. The van der Waals surface area contributed by atoms with E-state index in [0.717, 1.165) is 37.9 Å². The van der Waals surface area contributed by atoms with Crippen molar-refractivity contribution in [3.8, 4) is 0 Å². The lowest BCUT2D eigenvalue weighted by Crippen LogP contribution is -2.44. The molecular weight excluding hydrogens is 336 g/mol. The van der Waals surface area contributed by atoms with Crippen molar-refractivity contribution in [1.29, 1.82) is 0 Å². The third-order valence-corrected chi connectivity index (χ3v) is 5.82. The molecule has 1 fully saturated rings. The van der Waals surface area contributed by atoms with Crippen LogP contribution in [-0.4, -0.2) is 36.3 Å². The second kappa shape index (κ2) is 7.95. The van der Waals surface area contributed by atoms with Crippen molar-refractivity contribution in [3.05, 3.63) is 65.7 Å². The second-order valence-electron chi connectivity index (χ2n) is 7.51. The number of para-hydroxylation sites is 1. The summed E-state index contributed by atoms with van der Waals surface area (Å²) in [6, 6.07) is 18.3. The molecule has 2 amide bonds. The van der Waals surface area contributed by atoms with Gasteiger partial charge in [-0.1, -0.05) is 48.5 Å². The number of rotatable bonds is 4. The normalized spacial score (nSPS) is 17.0. The van der Waals surface area contributed by atoms with E-state index in [1.165, 1.54) is 11.1 Å². The number of nitrogens with zero attached hydrogens (tertiary/aromatic N) is 2. The van der Waals surface area contributed by atoms with Crippen molar-refractivity contribution < 1.29 is 9.59 Å². The summed E-state index contributed by atoms with van der Waals surface area (Å²) in [5, 5.41) is 0. The van der Waals surface area contributed by atoms with Gasteiger partial charge in [-0.05, 0) is 42.9 Å². The highest BCUT2D eigenvalue weighted by molar-refractivity contribution is 5.97. The van der Waals surface area contributed by atoms with Crippen LogP contribution in [0, 0.1) is 5.92 Å². The Balaban J connectivity index is 1.29. The first kappa shape index (κ1) is 17.8. The third-order valence-electron chi connectivity index (χ3n) is 5.82. The van der Waals surface area contributed by atoms with Crippen LogP contribution in [0.15, 0.2) is 54.6 Å². The van der Waals surface area contributed by atoms with Gasteiger partial charge in [0.1, 0.15) is 0 Å². The van der Waals surface area contributed by atoms with E-state index in [1.807, 2.05) is 46.2 Å². The summed E-state index contributed by atoms with van der Waals surface area (Å²) in [5.41, 5.74) is 3.53. The van der Waals surface area contributed by atoms with Crippen LogP contribution in [0.25, 0.3) is 0 Å². The molecule has 2 aliphatic rings. The summed E-state index contributed by atoms with van der Waals surface area (Å²) in [4.78, 5) is 29.4. The Morgan fingerprint density at radius 2 is 1.59 bits per heavy atom. The number of aryl methyl sites for hydroxylation is 1. The van der Waals surface area contributed by atoms with Crippen LogP contribution in [0.2, 0.25) is 0 Å². The highest BCUT2D eigenvalue weighted by Crippen LogP contribution is 2.31. The fraction of sp³-hybridized carbons (Fsp3) is 0.391. The molecule has 0 bridgehead atoms. The lowest BCUT2D eigenvalue weighted by molar-refractivity contribution is -0.134. The molecule has 27 heavy (non-hydrogen) atoms. The van der Waals surface area contributed by atoms with Gasteiger partial charge in [-0.25, -0.2) is 0 Å². The Labute approximate surface area is 160 Å². The Morgan fingerprint density at radius 1 is 0.889 bits per heavy atom. The number of piperidine rings is 1. The average Bonchev–Trinajstić information content (AvgIpc) is 3.16. The zero-order chi connectivity index (χ0) is 18.6. The molecule has 0 radical (unpaired) electrons. The molecule has 2 aliphatic heterocycles. The van der Waals surface area contributed by atoms with Gasteiger partial charge in [-0.2, -0.15) is 0 Å². The molecule has 0 unspecified atom stereocenters. The van der Waals surface area contributed by atoms with Crippen molar-refractivity contribution in [2.24, 2.45) is 5.92 Å². The van der Waals surface area contributed by atoms with Gasteiger partial charge in [0.25, 0.3) is 0 Å². The molecule has 140 valence electrons. The number of hydrogen-bond donors (Lipinski definition) is 0. The van der Waals surface area contributed by atoms with E-state index >= 15 is 0 Å². The van der Waals surface area contributed by atoms with Gasteiger partial charge >= 0.3 is 0 Å². The van der Waals surface area contributed by atoms with Crippen molar-refractivity contribution in [1.82, 2.24) is 4.90 Å². The van der Waals surface area contributed by atoms with Crippen molar-refractivity contribution in [2.75, 3.05) is 24.5 Å². The van der Waals surface area contributed by atoms with Crippen molar-refractivity contribution in [2.45, 2.75) is 32.1 Å². The van der Waals surface area contributed by atoms with Gasteiger partial charge in [-0.15, -0.1) is 0 Å². The lowest BCUT2D eigenvalue weighted by Gasteiger charge is -2.33. The first-order valence-electron chi connectivity index (χ1n) is 9.93. The van der Waals surface area contributed by atoms with Crippen LogP contribution in [0.5, 0.6) is 0 Å². The number of likely N-dealkylation sites (tertiary alicyclic amines) is 1. The number of hydrogen-bond acceptors (Lipinski definition) is 2. The van der Waals surface area contributed by atoms with Gasteiger partial charge < -0.3 is 9.80 Å². The van der Waals surface area contributed by atoms with Crippen LogP contribution in [0.4, 0.5) is 5.69 Å². The number of anilines is 1. The Hall–Kier alpha value is -2.62. The number of amides is 2. The maximum Gasteiger partial charge on any atom is 0.230 e. The second-order valence-corrected chi connectivity index (χ2v) is 7.51. The standard InChI is InChI=1S/C23H26N2O2/c26-22(11-10-18-6-2-1-3-7-18)24-15-12-20(13-16-24)23(27)25-17-14-19-8-4-5-9-21(19)25/h1-9,20H,10-17H2. The number of carbonyl (C=O) groups excluding carboxylic acids is 2. The number of fused-ring (bicyclic) bond motifs is 1. The monoisotopic (exact) mass is 362 g/mol. The van der Waals surface area contributed by atoms with Crippen LogP contribution in [-0.2, 0) is 22.4 Å². The van der Waals surface area contributed by atoms with Gasteiger partial charge in [0.15, 0.2) is 0 Å². The topological polar surface area (TPSA) is 40.6 Å².